The highest BCUT2D eigenvalue weighted by Gasteiger charge is 2.18. The molecule has 1 heterocycles. The number of benzene rings is 1. The van der Waals surface area contributed by atoms with E-state index in [9.17, 15) is 9.59 Å². The molecule has 0 atom stereocenters. The second-order valence-electron chi connectivity index (χ2n) is 4.73. The number of rotatable bonds is 5. The highest BCUT2D eigenvalue weighted by Crippen LogP contribution is 2.16. The zero-order chi connectivity index (χ0) is 15.4. The van der Waals surface area contributed by atoms with Gasteiger partial charge in [0.05, 0.1) is 0 Å². The third-order valence-electron chi connectivity index (χ3n) is 3.21. The van der Waals surface area contributed by atoms with Gasteiger partial charge in [-0.2, -0.15) is 0 Å². The third-order valence-corrected chi connectivity index (χ3v) is 3.21. The van der Waals surface area contributed by atoms with Crippen molar-refractivity contribution in [2.75, 3.05) is 5.84 Å². The van der Waals surface area contributed by atoms with Gasteiger partial charge in [-0.3, -0.25) is 14.3 Å². The summed E-state index contributed by atoms with van der Waals surface area (Å²) in [5, 5.41) is 0. The number of nitrogen functional groups attached to an aromatic ring is 1. The summed E-state index contributed by atoms with van der Waals surface area (Å²) < 4.78 is 6.80. The molecule has 110 valence electrons. The number of hydrogen-bond donors (Lipinski definition) is 1. The molecular formula is C16H18N2O3. The predicted molar refractivity (Wildman–Crippen MR) is 81.0 cm³/mol. The average molecular weight is 286 g/mol. The summed E-state index contributed by atoms with van der Waals surface area (Å²) in [7, 11) is 0. The van der Waals surface area contributed by atoms with Gasteiger partial charge in [0, 0.05) is 18.7 Å². The van der Waals surface area contributed by atoms with Crippen LogP contribution in [0.3, 0.4) is 0 Å². The van der Waals surface area contributed by atoms with Crippen LogP contribution in [-0.4, -0.2) is 10.5 Å². The summed E-state index contributed by atoms with van der Waals surface area (Å²) in [6, 6.07) is 10.8. The Kier molecular flexibility index (Phi) is 4.42. The molecule has 0 saturated heterocycles. The van der Waals surface area contributed by atoms with E-state index in [0.29, 0.717) is 12.1 Å². The van der Waals surface area contributed by atoms with Crippen molar-refractivity contribution >= 4 is 5.78 Å². The molecule has 0 aliphatic rings. The van der Waals surface area contributed by atoms with Gasteiger partial charge < -0.3 is 10.6 Å². The van der Waals surface area contributed by atoms with E-state index >= 15 is 0 Å². The lowest BCUT2D eigenvalue weighted by molar-refractivity contribution is 0.0999. The van der Waals surface area contributed by atoms with Crippen LogP contribution < -0.4 is 16.0 Å². The van der Waals surface area contributed by atoms with Crippen LogP contribution in [0.1, 0.15) is 35.6 Å². The fourth-order valence-electron chi connectivity index (χ4n) is 2.13. The van der Waals surface area contributed by atoms with Gasteiger partial charge in [0.25, 0.3) is 0 Å². The Morgan fingerprint density at radius 1 is 1.29 bits per heavy atom. The van der Waals surface area contributed by atoms with Crippen LogP contribution in [0.5, 0.6) is 5.75 Å². The molecule has 0 spiro atoms. The monoisotopic (exact) mass is 286 g/mol. The summed E-state index contributed by atoms with van der Waals surface area (Å²) in [6.07, 6.45) is 0.561. The second kappa shape index (κ2) is 6.26. The first kappa shape index (κ1) is 14.8. The Morgan fingerprint density at radius 3 is 2.52 bits per heavy atom. The maximum atomic E-state index is 12.2. The maximum absolute atomic E-state index is 12.2. The van der Waals surface area contributed by atoms with E-state index in [1.54, 1.807) is 0 Å². The Hall–Kier alpha value is -2.56. The first-order valence-corrected chi connectivity index (χ1v) is 6.76. The number of nitrogens with two attached hydrogens (primary N) is 1. The quantitative estimate of drug-likeness (QED) is 0.673. The molecule has 1 aromatic carbocycles. The van der Waals surface area contributed by atoms with Crippen LogP contribution in [-0.2, 0) is 13.0 Å². The van der Waals surface area contributed by atoms with E-state index in [-0.39, 0.29) is 29.3 Å². The predicted octanol–water partition coefficient (Wildman–Crippen LogP) is 1.91. The molecule has 0 amide bonds. The van der Waals surface area contributed by atoms with Gasteiger partial charge in [0.15, 0.2) is 17.2 Å². The normalized spacial score (nSPS) is 10.4. The van der Waals surface area contributed by atoms with Gasteiger partial charge in [-0.05, 0) is 12.0 Å². The Labute approximate surface area is 122 Å². The molecule has 21 heavy (non-hydrogen) atoms. The van der Waals surface area contributed by atoms with Crippen molar-refractivity contribution < 1.29 is 9.53 Å². The minimum absolute atomic E-state index is 0.00560. The van der Waals surface area contributed by atoms with Crippen LogP contribution in [0, 0.1) is 0 Å². The Morgan fingerprint density at radius 2 is 1.95 bits per heavy atom. The standard InChI is InChI=1S/C16H18N2O3/c1-3-13-9-14(20)16(15(11(2)19)18(13)17)21-10-12-7-5-4-6-8-12/h4-9H,3,10,17H2,1-2H3. The lowest BCUT2D eigenvalue weighted by atomic mass is 10.2. The highest BCUT2D eigenvalue weighted by molar-refractivity contribution is 5.95. The smallest absolute Gasteiger partial charge is 0.224 e. The largest absolute Gasteiger partial charge is 0.483 e. The number of Topliss-reactive ketones (excluding diaryl/α,β-unsaturated/α-hetero) is 1. The summed E-state index contributed by atoms with van der Waals surface area (Å²) in [4.78, 5) is 24.0. The summed E-state index contributed by atoms with van der Waals surface area (Å²) in [5.41, 5.74) is 1.29. The van der Waals surface area contributed by atoms with Crippen molar-refractivity contribution in [3.05, 3.63) is 63.6 Å². The number of ketones is 1. The number of nitrogens with zero attached hydrogens (tertiary/aromatic N) is 1. The van der Waals surface area contributed by atoms with Crippen LogP contribution in [0.25, 0.3) is 0 Å². The van der Waals surface area contributed by atoms with Crippen molar-refractivity contribution in [1.82, 2.24) is 4.68 Å². The van der Waals surface area contributed by atoms with Crippen molar-refractivity contribution in [3.8, 4) is 5.75 Å². The van der Waals surface area contributed by atoms with E-state index in [2.05, 4.69) is 0 Å². The molecule has 0 aliphatic heterocycles. The fraction of sp³-hybridized carbons (Fsp3) is 0.250. The molecule has 0 fully saturated rings. The SMILES string of the molecule is CCc1cc(=O)c(OCc2ccccc2)c(C(C)=O)n1N. The topological polar surface area (TPSA) is 74.3 Å². The number of hydrogen-bond acceptors (Lipinski definition) is 4. The molecule has 0 aliphatic carbocycles. The van der Waals surface area contributed by atoms with E-state index < -0.39 is 0 Å². The van der Waals surface area contributed by atoms with Crippen LogP contribution in [0.15, 0.2) is 41.2 Å². The highest BCUT2D eigenvalue weighted by atomic mass is 16.5. The number of carbonyl (C=O) groups is 1. The first-order valence-electron chi connectivity index (χ1n) is 6.76. The lowest BCUT2D eigenvalue weighted by Crippen LogP contribution is -2.27. The van der Waals surface area contributed by atoms with Crippen LogP contribution in [0.2, 0.25) is 0 Å². The van der Waals surface area contributed by atoms with Crippen LogP contribution in [0.4, 0.5) is 0 Å². The van der Waals surface area contributed by atoms with Crippen molar-refractivity contribution in [1.29, 1.82) is 0 Å². The number of carbonyl (C=O) groups excluding carboxylic acids is 1. The minimum Gasteiger partial charge on any atom is -0.483 e. The molecule has 1 aromatic heterocycles. The first-order chi connectivity index (χ1) is 10.0. The number of aromatic nitrogens is 1. The molecule has 2 N–H and O–H groups in total. The zero-order valence-corrected chi connectivity index (χ0v) is 12.1. The second-order valence-corrected chi connectivity index (χ2v) is 4.73. The molecule has 0 saturated carbocycles. The minimum atomic E-state index is -0.324. The van der Waals surface area contributed by atoms with Gasteiger partial charge in [0.2, 0.25) is 5.43 Å². The molecule has 5 nitrogen and oxygen atoms in total. The van der Waals surface area contributed by atoms with E-state index in [1.807, 2.05) is 37.3 Å². The fourth-order valence-corrected chi connectivity index (χ4v) is 2.13. The zero-order valence-electron chi connectivity index (χ0n) is 12.1. The summed E-state index contributed by atoms with van der Waals surface area (Å²) in [5.74, 6) is 5.62. The molecule has 2 rings (SSSR count). The number of ether oxygens (including phenoxy) is 1. The van der Waals surface area contributed by atoms with Gasteiger partial charge >= 0.3 is 0 Å². The van der Waals surface area contributed by atoms with Gasteiger partial charge in [-0.25, -0.2) is 0 Å². The molecule has 0 bridgehead atoms. The molecule has 2 aromatic rings. The summed E-state index contributed by atoms with van der Waals surface area (Å²) in [6.45, 7) is 3.45. The maximum Gasteiger partial charge on any atom is 0.224 e. The van der Waals surface area contributed by atoms with E-state index in [0.717, 1.165) is 5.56 Å². The molecule has 5 heteroatoms. The molecular weight excluding hydrogens is 268 g/mol. The Balaban J connectivity index is 2.41. The van der Waals surface area contributed by atoms with Crippen LogP contribution >= 0.6 is 0 Å². The van der Waals surface area contributed by atoms with Crippen molar-refractivity contribution in [2.45, 2.75) is 26.9 Å². The van der Waals surface area contributed by atoms with E-state index in [1.165, 1.54) is 17.7 Å². The van der Waals surface area contributed by atoms with Crippen molar-refractivity contribution in [2.24, 2.45) is 0 Å². The molecule has 0 radical (unpaired) electrons. The Bertz CT molecular complexity index is 705. The van der Waals surface area contributed by atoms with Gasteiger partial charge in [0.1, 0.15) is 6.61 Å². The molecule has 0 unspecified atom stereocenters. The average Bonchev–Trinajstić information content (AvgIpc) is 2.48. The van der Waals surface area contributed by atoms with E-state index in [4.69, 9.17) is 10.6 Å². The van der Waals surface area contributed by atoms with Gasteiger partial charge in [-0.1, -0.05) is 37.3 Å². The lowest BCUT2D eigenvalue weighted by Gasteiger charge is -2.15. The number of aryl methyl sites for hydroxylation is 1. The summed E-state index contributed by atoms with van der Waals surface area (Å²) >= 11 is 0. The van der Waals surface area contributed by atoms with Crippen molar-refractivity contribution in [3.63, 3.8) is 0 Å². The number of pyridine rings is 1. The van der Waals surface area contributed by atoms with Gasteiger partial charge in [-0.15, -0.1) is 0 Å². The third kappa shape index (κ3) is 3.13.